The van der Waals surface area contributed by atoms with E-state index in [2.05, 4.69) is 27.0 Å². The molecule has 8 nitrogen and oxygen atoms in total. The second kappa shape index (κ2) is 8.84. The van der Waals surface area contributed by atoms with Crippen molar-refractivity contribution in [1.29, 1.82) is 0 Å². The molecule has 0 saturated carbocycles. The lowest BCUT2D eigenvalue weighted by Crippen LogP contribution is -2.12. The lowest BCUT2D eigenvalue weighted by Gasteiger charge is -2.14. The molecule has 25 heavy (non-hydrogen) atoms. The molecule has 0 spiro atoms. The summed E-state index contributed by atoms with van der Waals surface area (Å²) in [5.41, 5.74) is 8.42. The minimum Gasteiger partial charge on any atom is -0.495 e. The summed E-state index contributed by atoms with van der Waals surface area (Å²) >= 11 is 0. The fraction of sp³-hybridized carbons (Fsp3) is 0.353. The lowest BCUT2D eigenvalue weighted by atomic mass is 10.2. The topological polar surface area (TPSA) is 99.6 Å². The van der Waals surface area contributed by atoms with E-state index in [9.17, 15) is 0 Å². The first-order chi connectivity index (χ1) is 12.1. The van der Waals surface area contributed by atoms with Gasteiger partial charge in [-0.1, -0.05) is 6.08 Å². The molecule has 2 rings (SSSR count). The summed E-state index contributed by atoms with van der Waals surface area (Å²) in [6.45, 7) is 7.18. The van der Waals surface area contributed by atoms with Crippen molar-refractivity contribution in [3.8, 4) is 0 Å². The number of nitrogens with two attached hydrogens (primary N) is 1. The highest BCUT2D eigenvalue weighted by Crippen LogP contribution is 2.25. The number of aliphatic imine (C=N–C) groups is 1. The van der Waals surface area contributed by atoms with Gasteiger partial charge in [-0.2, -0.15) is 4.98 Å². The third-order valence-electron chi connectivity index (χ3n) is 3.66. The summed E-state index contributed by atoms with van der Waals surface area (Å²) in [5, 5.41) is 3.24. The highest BCUT2D eigenvalue weighted by Gasteiger charge is 2.14. The molecule has 8 heteroatoms. The van der Waals surface area contributed by atoms with E-state index in [4.69, 9.17) is 15.2 Å². The Morgan fingerprint density at radius 1 is 1.44 bits per heavy atom. The Hall–Kier alpha value is -2.87. The molecule has 0 atom stereocenters. The van der Waals surface area contributed by atoms with Crippen LogP contribution in [0.1, 0.15) is 6.92 Å². The second-order valence-corrected chi connectivity index (χ2v) is 5.22. The number of allylic oxidation sites excluding steroid dienone is 2. The van der Waals surface area contributed by atoms with Gasteiger partial charge in [-0.3, -0.25) is 4.99 Å². The standard InChI is InChI=1S/C17H24N6O2/c1-5-12(14(25-4)10-19-2)11-23-8-6-13-15(23)16(20-7-9-24-3)22-17(18)21-13/h5-6,8,10H,2,7,9,11H2,1,3-4H3,(H3,18,20,21,22)/b12-5-,14-10+. The molecule has 0 radical (unpaired) electrons. The zero-order valence-corrected chi connectivity index (χ0v) is 14.8. The van der Waals surface area contributed by atoms with Gasteiger partial charge < -0.3 is 25.1 Å². The molecular weight excluding hydrogens is 320 g/mol. The molecule has 0 aliphatic carbocycles. The number of ether oxygens (including phenoxy) is 2. The zero-order valence-electron chi connectivity index (χ0n) is 14.8. The molecule has 0 bridgehead atoms. The van der Waals surface area contributed by atoms with E-state index in [-0.39, 0.29) is 5.95 Å². The van der Waals surface area contributed by atoms with Crippen LogP contribution in [0.4, 0.5) is 11.8 Å². The molecule has 0 aliphatic heterocycles. The average molecular weight is 344 g/mol. The average Bonchev–Trinajstić information content (AvgIpc) is 3.00. The van der Waals surface area contributed by atoms with Crippen molar-refractivity contribution >= 4 is 29.5 Å². The first-order valence-corrected chi connectivity index (χ1v) is 7.85. The van der Waals surface area contributed by atoms with Crippen LogP contribution in [0, 0.1) is 0 Å². The number of fused-ring (bicyclic) bond motifs is 1. The molecule has 0 unspecified atom stereocenters. The van der Waals surface area contributed by atoms with Gasteiger partial charge in [0.15, 0.2) is 5.82 Å². The van der Waals surface area contributed by atoms with Gasteiger partial charge in [-0.05, 0) is 19.7 Å². The summed E-state index contributed by atoms with van der Waals surface area (Å²) < 4.78 is 12.5. The van der Waals surface area contributed by atoms with Gasteiger partial charge in [0, 0.05) is 25.4 Å². The van der Waals surface area contributed by atoms with Crippen LogP contribution in [0.5, 0.6) is 0 Å². The second-order valence-electron chi connectivity index (χ2n) is 5.22. The van der Waals surface area contributed by atoms with Crippen LogP contribution in [0.2, 0.25) is 0 Å². The third kappa shape index (κ3) is 4.36. The van der Waals surface area contributed by atoms with Crippen molar-refractivity contribution < 1.29 is 9.47 Å². The van der Waals surface area contributed by atoms with Crippen LogP contribution in [-0.2, 0) is 16.0 Å². The van der Waals surface area contributed by atoms with Crippen molar-refractivity contribution in [2.45, 2.75) is 13.5 Å². The highest BCUT2D eigenvalue weighted by molar-refractivity contribution is 5.87. The van der Waals surface area contributed by atoms with Crippen LogP contribution in [0.3, 0.4) is 0 Å². The van der Waals surface area contributed by atoms with Crippen molar-refractivity contribution in [3.63, 3.8) is 0 Å². The van der Waals surface area contributed by atoms with Crippen molar-refractivity contribution in [3.05, 3.63) is 35.9 Å². The molecule has 2 heterocycles. The largest absolute Gasteiger partial charge is 0.495 e. The summed E-state index contributed by atoms with van der Waals surface area (Å²) in [4.78, 5) is 12.4. The molecule has 0 saturated heterocycles. The van der Waals surface area contributed by atoms with Gasteiger partial charge >= 0.3 is 0 Å². The molecule has 0 aromatic carbocycles. The summed E-state index contributed by atoms with van der Waals surface area (Å²) in [5.74, 6) is 1.55. The molecule has 3 N–H and O–H groups in total. The maximum atomic E-state index is 5.81. The fourth-order valence-corrected chi connectivity index (χ4v) is 2.50. The summed E-state index contributed by atoms with van der Waals surface area (Å²) in [7, 11) is 3.26. The van der Waals surface area contributed by atoms with Crippen molar-refractivity contribution in [2.75, 3.05) is 38.4 Å². The first kappa shape index (κ1) is 18.5. The number of hydrogen-bond donors (Lipinski definition) is 2. The summed E-state index contributed by atoms with van der Waals surface area (Å²) in [6, 6.07) is 1.91. The molecule has 2 aromatic rings. The van der Waals surface area contributed by atoms with E-state index in [1.807, 2.05) is 29.8 Å². The monoisotopic (exact) mass is 344 g/mol. The molecular formula is C17H24N6O2. The SMILES string of the molecule is C=N/C=C(OC)\C(=C/C)Cn1ccc2nc(N)nc(NCCOC)c21. The van der Waals surface area contributed by atoms with Gasteiger partial charge in [-0.25, -0.2) is 4.98 Å². The van der Waals surface area contributed by atoms with E-state index in [1.165, 1.54) is 0 Å². The Kier molecular flexibility index (Phi) is 6.53. The van der Waals surface area contributed by atoms with Gasteiger partial charge in [0.1, 0.15) is 11.3 Å². The Bertz CT molecular complexity index is 794. The number of nitrogens with zero attached hydrogens (tertiary/aromatic N) is 4. The smallest absolute Gasteiger partial charge is 0.222 e. The molecule has 2 aromatic heterocycles. The van der Waals surface area contributed by atoms with Crippen LogP contribution < -0.4 is 11.1 Å². The third-order valence-corrected chi connectivity index (χ3v) is 3.66. The highest BCUT2D eigenvalue weighted by atomic mass is 16.5. The van der Waals surface area contributed by atoms with Gasteiger partial charge in [0.2, 0.25) is 5.95 Å². The normalized spacial score (nSPS) is 12.4. The summed E-state index contributed by atoms with van der Waals surface area (Å²) in [6.07, 6.45) is 5.51. The molecule has 0 fully saturated rings. The molecule has 0 amide bonds. The predicted molar refractivity (Wildman–Crippen MR) is 101 cm³/mol. The van der Waals surface area contributed by atoms with E-state index in [0.29, 0.717) is 31.3 Å². The first-order valence-electron chi connectivity index (χ1n) is 7.85. The van der Waals surface area contributed by atoms with Gasteiger partial charge in [0.05, 0.1) is 32.0 Å². The maximum Gasteiger partial charge on any atom is 0.222 e. The van der Waals surface area contributed by atoms with Gasteiger partial charge in [-0.15, -0.1) is 0 Å². The Morgan fingerprint density at radius 2 is 2.24 bits per heavy atom. The van der Waals surface area contributed by atoms with Gasteiger partial charge in [0.25, 0.3) is 0 Å². The minimum atomic E-state index is 0.227. The van der Waals surface area contributed by atoms with Crippen molar-refractivity contribution in [2.24, 2.45) is 4.99 Å². The lowest BCUT2D eigenvalue weighted by molar-refractivity contribution is 0.210. The number of methoxy groups -OCH3 is 2. The van der Waals surface area contributed by atoms with Crippen LogP contribution in [-0.4, -0.2) is 48.6 Å². The zero-order chi connectivity index (χ0) is 18.2. The van der Waals surface area contributed by atoms with E-state index < -0.39 is 0 Å². The van der Waals surface area contributed by atoms with Crippen LogP contribution >= 0.6 is 0 Å². The Morgan fingerprint density at radius 3 is 2.88 bits per heavy atom. The van der Waals surface area contributed by atoms with Crippen molar-refractivity contribution in [1.82, 2.24) is 14.5 Å². The Balaban J connectivity index is 2.41. The minimum absolute atomic E-state index is 0.227. The van der Waals surface area contributed by atoms with Crippen LogP contribution in [0.15, 0.2) is 40.9 Å². The Labute approximate surface area is 147 Å². The van der Waals surface area contributed by atoms with E-state index >= 15 is 0 Å². The number of rotatable bonds is 9. The number of nitrogens with one attached hydrogen (secondary N) is 1. The number of hydrogen-bond acceptors (Lipinski definition) is 7. The van der Waals surface area contributed by atoms with E-state index in [0.717, 1.165) is 16.6 Å². The molecule has 0 aliphatic rings. The number of nitrogen functional groups attached to an aromatic ring is 1. The quantitative estimate of drug-likeness (QED) is 0.313. The number of aromatic nitrogens is 3. The number of anilines is 2. The van der Waals surface area contributed by atoms with Crippen LogP contribution in [0.25, 0.3) is 11.0 Å². The van der Waals surface area contributed by atoms with E-state index in [1.54, 1.807) is 20.4 Å². The fourth-order valence-electron chi connectivity index (χ4n) is 2.50. The predicted octanol–water partition coefficient (Wildman–Crippen LogP) is 2.21. The molecule has 134 valence electrons. The maximum absolute atomic E-state index is 5.81.